The first kappa shape index (κ1) is 17.1. The molecule has 0 saturated carbocycles. The van der Waals surface area contributed by atoms with Crippen LogP contribution in [0, 0.1) is 0 Å². The van der Waals surface area contributed by atoms with E-state index in [0.717, 1.165) is 10.6 Å². The molecule has 0 unspecified atom stereocenters. The number of halogens is 1. The Bertz CT molecular complexity index is 903. The second-order valence-electron chi connectivity index (χ2n) is 4.89. The molecular weight excluding hydrogens is 364 g/mol. The van der Waals surface area contributed by atoms with Crippen molar-refractivity contribution in [1.82, 2.24) is 9.55 Å². The second-order valence-corrected chi connectivity index (χ2v) is 7.28. The highest BCUT2D eigenvalue weighted by Gasteiger charge is 2.11. The first-order valence-corrected chi connectivity index (χ1v) is 9.53. The summed E-state index contributed by atoms with van der Waals surface area (Å²) in [4.78, 5) is 17.9. The predicted molar refractivity (Wildman–Crippen MR) is 102 cm³/mol. The summed E-state index contributed by atoms with van der Waals surface area (Å²) in [6, 6.07) is 9.05. The molecular formula is C17H15ClN2O2S2. The van der Waals surface area contributed by atoms with Crippen LogP contribution < -0.4 is 10.3 Å². The molecule has 2 heterocycles. The summed E-state index contributed by atoms with van der Waals surface area (Å²) in [7, 11) is 0. The van der Waals surface area contributed by atoms with E-state index in [9.17, 15) is 4.79 Å². The van der Waals surface area contributed by atoms with Crippen molar-refractivity contribution >= 4 is 44.9 Å². The molecule has 3 aromatic rings. The first-order valence-electron chi connectivity index (χ1n) is 7.29. The van der Waals surface area contributed by atoms with Gasteiger partial charge < -0.3 is 4.74 Å². The Hall–Kier alpha value is -1.76. The van der Waals surface area contributed by atoms with E-state index in [-0.39, 0.29) is 5.56 Å². The number of fused-ring (bicyclic) bond motifs is 1. The van der Waals surface area contributed by atoms with Crippen LogP contribution in [-0.4, -0.2) is 21.9 Å². The fourth-order valence-electron chi connectivity index (χ4n) is 2.15. The molecule has 0 radical (unpaired) electrons. The third-order valence-electron chi connectivity index (χ3n) is 3.26. The molecule has 0 fully saturated rings. The number of thioether (sulfide) groups is 1. The SMILES string of the molecule is C=CCn1c(SCCOc2ccc(Cl)cc2)nc2sccc2c1=O. The molecule has 0 bridgehead atoms. The van der Waals surface area contributed by atoms with Crippen LogP contribution in [0.4, 0.5) is 0 Å². The molecule has 0 amide bonds. The summed E-state index contributed by atoms with van der Waals surface area (Å²) >= 11 is 8.82. The predicted octanol–water partition coefficient (Wildman–Crippen LogP) is 4.47. The van der Waals surface area contributed by atoms with Crippen LogP contribution in [0.5, 0.6) is 5.75 Å². The van der Waals surface area contributed by atoms with Crippen molar-refractivity contribution in [2.45, 2.75) is 11.7 Å². The number of nitrogens with zero attached hydrogens (tertiary/aromatic N) is 2. The lowest BCUT2D eigenvalue weighted by atomic mass is 10.3. The topological polar surface area (TPSA) is 44.1 Å². The van der Waals surface area contributed by atoms with E-state index in [1.807, 2.05) is 23.6 Å². The van der Waals surface area contributed by atoms with Gasteiger partial charge in [-0.1, -0.05) is 29.4 Å². The second kappa shape index (κ2) is 7.88. The number of allylic oxidation sites excluding steroid dienone is 1. The summed E-state index contributed by atoms with van der Waals surface area (Å²) in [5.74, 6) is 1.45. The highest BCUT2D eigenvalue weighted by molar-refractivity contribution is 7.99. The molecule has 0 aliphatic rings. The van der Waals surface area contributed by atoms with E-state index in [0.29, 0.717) is 34.5 Å². The summed E-state index contributed by atoms with van der Waals surface area (Å²) in [5, 5.41) is 3.91. The van der Waals surface area contributed by atoms with Crippen molar-refractivity contribution in [1.29, 1.82) is 0 Å². The van der Waals surface area contributed by atoms with Gasteiger partial charge in [-0.3, -0.25) is 9.36 Å². The Labute approximate surface area is 152 Å². The fraction of sp³-hybridized carbons (Fsp3) is 0.176. The van der Waals surface area contributed by atoms with E-state index in [1.54, 1.807) is 22.8 Å². The van der Waals surface area contributed by atoms with Crippen LogP contribution in [0.1, 0.15) is 0 Å². The third-order valence-corrected chi connectivity index (χ3v) is 5.26. The fourth-order valence-corrected chi connectivity index (χ4v) is 3.91. The van der Waals surface area contributed by atoms with E-state index >= 15 is 0 Å². The van der Waals surface area contributed by atoms with Gasteiger partial charge in [0.05, 0.1) is 12.0 Å². The minimum Gasteiger partial charge on any atom is -0.493 e. The maximum absolute atomic E-state index is 12.5. The number of hydrogen-bond donors (Lipinski definition) is 0. The van der Waals surface area contributed by atoms with Crippen LogP contribution in [0.3, 0.4) is 0 Å². The molecule has 1 aromatic carbocycles. The average Bonchev–Trinajstić information content (AvgIpc) is 3.05. The molecule has 0 saturated heterocycles. The number of hydrogen-bond acceptors (Lipinski definition) is 5. The molecule has 0 aliphatic carbocycles. The lowest BCUT2D eigenvalue weighted by molar-refractivity contribution is 0.344. The standard InChI is InChI=1S/C17H15ClN2O2S2/c1-2-8-20-16(21)14-7-10-23-15(14)19-17(20)24-11-9-22-13-5-3-12(18)4-6-13/h2-7,10H,1,8-9,11H2. The number of rotatable bonds is 7. The zero-order valence-corrected chi connectivity index (χ0v) is 15.2. The van der Waals surface area contributed by atoms with E-state index in [1.165, 1.54) is 23.1 Å². The zero-order valence-electron chi connectivity index (χ0n) is 12.8. The van der Waals surface area contributed by atoms with Crippen molar-refractivity contribution < 1.29 is 4.74 Å². The maximum Gasteiger partial charge on any atom is 0.263 e. The minimum atomic E-state index is -0.0257. The summed E-state index contributed by atoms with van der Waals surface area (Å²) in [6.07, 6.45) is 1.70. The van der Waals surface area contributed by atoms with Gasteiger partial charge >= 0.3 is 0 Å². The van der Waals surface area contributed by atoms with Crippen LogP contribution >= 0.6 is 34.7 Å². The molecule has 0 N–H and O–H groups in total. The van der Waals surface area contributed by atoms with Crippen molar-refractivity contribution in [3.8, 4) is 5.75 Å². The van der Waals surface area contributed by atoms with E-state index < -0.39 is 0 Å². The van der Waals surface area contributed by atoms with Gasteiger partial charge in [0.1, 0.15) is 10.6 Å². The van der Waals surface area contributed by atoms with Gasteiger partial charge in [0.25, 0.3) is 5.56 Å². The first-order chi connectivity index (χ1) is 11.7. The molecule has 124 valence electrons. The van der Waals surface area contributed by atoms with Crippen LogP contribution in [-0.2, 0) is 6.54 Å². The third kappa shape index (κ3) is 3.83. The Morgan fingerprint density at radius 2 is 2.12 bits per heavy atom. The lowest BCUT2D eigenvalue weighted by Gasteiger charge is -2.10. The molecule has 0 aliphatic heterocycles. The van der Waals surface area contributed by atoms with Crippen molar-refractivity contribution in [3.63, 3.8) is 0 Å². The quantitative estimate of drug-likeness (QED) is 0.263. The lowest BCUT2D eigenvalue weighted by Crippen LogP contribution is -2.22. The molecule has 0 spiro atoms. The van der Waals surface area contributed by atoms with Gasteiger partial charge in [-0.25, -0.2) is 4.98 Å². The molecule has 3 rings (SSSR count). The summed E-state index contributed by atoms with van der Waals surface area (Å²) in [6.45, 7) is 4.67. The van der Waals surface area contributed by atoms with Gasteiger partial charge in [0.15, 0.2) is 5.16 Å². The van der Waals surface area contributed by atoms with Gasteiger partial charge in [0, 0.05) is 17.3 Å². The molecule has 24 heavy (non-hydrogen) atoms. The number of aromatic nitrogens is 2. The van der Waals surface area contributed by atoms with E-state index in [4.69, 9.17) is 16.3 Å². The largest absolute Gasteiger partial charge is 0.493 e. The summed E-state index contributed by atoms with van der Waals surface area (Å²) in [5.41, 5.74) is -0.0257. The highest BCUT2D eigenvalue weighted by Crippen LogP contribution is 2.22. The van der Waals surface area contributed by atoms with Gasteiger partial charge in [-0.15, -0.1) is 17.9 Å². The van der Waals surface area contributed by atoms with Crippen molar-refractivity contribution in [2.24, 2.45) is 0 Å². The van der Waals surface area contributed by atoms with Crippen molar-refractivity contribution in [2.75, 3.05) is 12.4 Å². The van der Waals surface area contributed by atoms with Crippen LogP contribution in [0.25, 0.3) is 10.2 Å². The molecule has 2 aromatic heterocycles. The Morgan fingerprint density at radius 1 is 1.33 bits per heavy atom. The van der Waals surface area contributed by atoms with Crippen LogP contribution in [0.2, 0.25) is 5.02 Å². The molecule has 0 atom stereocenters. The van der Waals surface area contributed by atoms with Gasteiger partial charge in [0.2, 0.25) is 0 Å². The maximum atomic E-state index is 12.5. The Kier molecular flexibility index (Phi) is 5.60. The zero-order chi connectivity index (χ0) is 16.9. The van der Waals surface area contributed by atoms with Gasteiger partial charge in [-0.2, -0.15) is 0 Å². The number of thiophene rings is 1. The number of ether oxygens (including phenoxy) is 1. The minimum absolute atomic E-state index is 0.0257. The van der Waals surface area contributed by atoms with Gasteiger partial charge in [-0.05, 0) is 35.7 Å². The van der Waals surface area contributed by atoms with Crippen LogP contribution in [0.15, 0.2) is 58.3 Å². The normalized spacial score (nSPS) is 10.9. The van der Waals surface area contributed by atoms with Crippen molar-refractivity contribution in [3.05, 3.63) is 63.7 Å². The Balaban J connectivity index is 1.69. The Morgan fingerprint density at radius 3 is 2.88 bits per heavy atom. The molecule has 4 nitrogen and oxygen atoms in total. The summed E-state index contributed by atoms with van der Waals surface area (Å²) < 4.78 is 7.32. The highest BCUT2D eigenvalue weighted by atomic mass is 35.5. The number of benzene rings is 1. The molecule has 7 heteroatoms. The smallest absolute Gasteiger partial charge is 0.263 e. The monoisotopic (exact) mass is 378 g/mol. The average molecular weight is 379 g/mol. The van der Waals surface area contributed by atoms with E-state index in [2.05, 4.69) is 11.6 Å².